The van der Waals surface area contributed by atoms with Gasteiger partial charge in [-0.3, -0.25) is 4.79 Å². The summed E-state index contributed by atoms with van der Waals surface area (Å²) >= 11 is 1.62. The minimum atomic E-state index is -4.73. The third-order valence-electron chi connectivity index (χ3n) is 3.92. The van der Waals surface area contributed by atoms with E-state index in [0.717, 1.165) is 25.0 Å². The van der Waals surface area contributed by atoms with E-state index in [1.807, 2.05) is 5.38 Å². The molecule has 0 bridgehead atoms. The third kappa shape index (κ3) is 3.85. The summed E-state index contributed by atoms with van der Waals surface area (Å²) in [4.78, 5) is 12.1. The van der Waals surface area contributed by atoms with Crippen molar-refractivity contribution in [3.8, 4) is 5.75 Å². The van der Waals surface area contributed by atoms with Crippen LogP contribution in [-0.4, -0.2) is 18.8 Å². The molecule has 1 amide bonds. The molecule has 0 spiro atoms. The van der Waals surface area contributed by atoms with Crippen molar-refractivity contribution in [2.24, 2.45) is 0 Å². The highest BCUT2D eigenvalue weighted by molar-refractivity contribution is 7.08. The lowest BCUT2D eigenvalue weighted by atomic mass is 9.99. The summed E-state index contributed by atoms with van der Waals surface area (Å²) in [5.74, 6) is -0.643. The first-order valence-corrected chi connectivity index (χ1v) is 7.99. The maximum atomic E-state index is 12.1. The Labute approximate surface area is 135 Å². The van der Waals surface area contributed by atoms with Gasteiger partial charge in [-0.25, -0.2) is 0 Å². The van der Waals surface area contributed by atoms with Crippen LogP contribution in [0.3, 0.4) is 0 Å². The van der Waals surface area contributed by atoms with Crippen LogP contribution in [-0.2, 0) is 5.41 Å². The maximum absolute atomic E-state index is 12.1. The van der Waals surface area contributed by atoms with Crippen molar-refractivity contribution < 1.29 is 22.7 Å². The Morgan fingerprint density at radius 1 is 1.22 bits per heavy atom. The lowest BCUT2D eigenvalue weighted by Gasteiger charge is -2.15. The zero-order valence-corrected chi connectivity index (χ0v) is 12.8. The Balaban J connectivity index is 1.59. The summed E-state index contributed by atoms with van der Waals surface area (Å²) in [7, 11) is 0. The molecular formula is C16H14F3NO2S. The minimum absolute atomic E-state index is 0.0228. The van der Waals surface area contributed by atoms with Crippen molar-refractivity contribution in [2.75, 3.05) is 6.54 Å². The molecule has 0 saturated heterocycles. The Hall–Kier alpha value is -2.02. The van der Waals surface area contributed by atoms with E-state index in [0.29, 0.717) is 12.1 Å². The molecule has 3 rings (SSSR count). The number of thiophene rings is 1. The first kappa shape index (κ1) is 15.9. The number of hydrogen-bond acceptors (Lipinski definition) is 3. The quantitative estimate of drug-likeness (QED) is 0.889. The number of nitrogens with one attached hydrogen (secondary N) is 1. The molecule has 23 heavy (non-hydrogen) atoms. The van der Waals surface area contributed by atoms with E-state index in [1.165, 1.54) is 17.7 Å². The molecule has 1 heterocycles. The average Bonchev–Trinajstić information content (AvgIpc) is 3.07. The molecular weight excluding hydrogens is 327 g/mol. The predicted octanol–water partition coefficient (Wildman–Crippen LogP) is 4.11. The van der Waals surface area contributed by atoms with Gasteiger partial charge in [-0.1, -0.05) is 0 Å². The van der Waals surface area contributed by atoms with Crippen molar-refractivity contribution in [1.82, 2.24) is 5.32 Å². The Morgan fingerprint density at radius 3 is 2.43 bits per heavy atom. The summed E-state index contributed by atoms with van der Waals surface area (Å²) in [6.07, 6.45) is -2.67. The maximum Gasteiger partial charge on any atom is 0.573 e. The number of rotatable bonds is 5. The highest BCUT2D eigenvalue weighted by Crippen LogP contribution is 2.48. The van der Waals surface area contributed by atoms with Gasteiger partial charge in [0.05, 0.1) is 0 Å². The fraction of sp³-hybridized carbons (Fsp3) is 0.312. The van der Waals surface area contributed by atoms with E-state index in [1.54, 1.807) is 11.3 Å². The van der Waals surface area contributed by atoms with Crippen LogP contribution >= 0.6 is 11.3 Å². The molecule has 0 aliphatic heterocycles. The predicted molar refractivity (Wildman–Crippen MR) is 80.7 cm³/mol. The molecule has 1 N–H and O–H groups in total. The number of hydrogen-bond donors (Lipinski definition) is 1. The summed E-state index contributed by atoms with van der Waals surface area (Å²) < 4.78 is 40.1. The summed E-state index contributed by atoms with van der Waals surface area (Å²) in [6, 6.07) is 6.97. The summed E-state index contributed by atoms with van der Waals surface area (Å²) in [6.45, 7) is 0.531. The molecule has 1 saturated carbocycles. The Bertz CT molecular complexity index is 676. The van der Waals surface area contributed by atoms with Crippen LogP contribution in [0.1, 0.15) is 28.8 Å². The number of amides is 1. The first-order valence-electron chi connectivity index (χ1n) is 7.05. The van der Waals surface area contributed by atoms with Gasteiger partial charge in [0.2, 0.25) is 0 Å². The fourth-order valence-electron chi connectivity index (χ4n) is 2.44. The second-order valence-electron chi connectivity index (χ2n) is 5.55. The Morgan fingerprint density at radius 2 is 1.91 bits per heavy atom. The van der Waals surface area contributed by atoms with Crippen molar-refractivity contribution in [3.05, 3.63) is 52.2 Å². The van der Waals surface area contributed by atoms with Gasteiger partial charge in [-0.2, -0.15) is 11.3 Å². The van der Waals surface area contributed by atoms with Gasteiger partial charge >= 0.3 is 6.36 Å². The molecule has 122 valence electrons. The van der Waals surface area contributed by atoms with E-state index >= 15 is 0 Å². The molecule has 1 aromatic heterocycles. The number of benzene rings is 1. The third-order valence-corrected chi connectivity index (χ3v) is 4.61. The lowest BCUT2D eigenvalue weighted by molar-refractivity contribution is -0.274. The smallest absolute Gasteiger partial charge is 0.406 e. The molecule has 2 aromatic rings. The van der Waals surface area contributed by atoms with E-state index in [2.05, 4.69) is 21.5 Å². The van der Waals surface area contributed by atoms with Gasteiger partial charge < -0.3 is 10.1 Å². The first-order chi connectivity index (χ1) is 10.9. The molecule has 3 nitrogen and oxygen atoms in total. The summed E-state index contributed by atoms with van der Waals surface area (Å²) in [5.41, 5.74) is 1.56. The van der Waals surface area contributed by atoms with Gasteiger partial charge in [0, 0.05) is 17.5 Å². The number of ether oxygens (including phenoxy) is 1. The van der Waals surface area contributed by atoms with Crippen LogP contribution < -0.4 is 10.1 Å². The van der Waals surface area contributed by atoms with Crippen molar-refractivity contribution in [2.45, 2.75) is 24.6 Å². The molecule has 1 fully saturated rings. The van der Waals surface area contributed by atoms with Crippen molar-refractivity contribution >= 4 is 17.2 Å². The number of halogens is 3. The van der Waals surface area contributed by atoms with Gasteiger partial charge in [0.1, 0.15) is 5.75 Å². The largest absolute Gasteiger partial charge is 0.573 e. The topological polar surface area (TPSA) is 38.3 Å². The molecule has 0 atom stereocenters. The second-order valence-corrected chi connectivity index (χ2v) is 6.33. The minimum Gasteiger partial charge on any atom is -0.406 e. The zero-order chi connectivity index (χ0) is 16.5. The highest BCUT2D eigenvalue weighted by Gasteiger charge is 2.44. The van der Waals surface area contributed by atoms with Crippen LogP contribution in [0.2, 0.25) is 0 Å². The molecule has 0 unspecified atom stereocenters. The lowest BCUT2D eigenvalue weighted by Crippen LogP contribution is -2.32. The molecule has 1 aliphatic rings. The molecule has 1 aliphatic carbocycles. The molecule has 0 radical (unpaired) electrons. The standard InChI is InChI=1S/C16H14F3NO2S/c17-16(18,19)22-13-3-1-11(2-4-13)14(21)20-10-15(6-7-15)12-5-8-23-9-12/h1-5,8-9H,6-7,10H2,(H,20,21). The SMILES string of the molecule is O=C(NCC1(c2ccsc2)CC1)c1ccc(OC(F)(F)F)cc1. The van der Waals surface area contributed by atoms with E-state index in [4.69, 9.17) is 0 Å². The fourth-order valence-corrected chi connectivity index (χ4v) is 3.22. The Kier molecular flexibility index (Phi) is 4.06. The van der Waals surface area contributed by atoms with Gasteiger partial charge in [-0.15, -0.1) is 13.2 Å². The zero-order valence-electron chi connectivity index (χ0n) is 12.0. The average molecular weight is 341 g/mol. The van der Waals surface area contributed by atoms with Gasteiger partial charge in [0.15, 0.2) is 0 Å². The number of carbonyl (C=O) groups excluding carboxylic acids is 1. The van der Waals surface area contributed by atoms with E-state index < -0.39 is 6.36 Å². The van der Waals surface area contributed by atoms with Crippen LogP contribution in [0.25, 0.3) is 0 Å². The van der Waals surface area contributed by atoms with Crippen molar-refractivity contribution in [1.29, 1.82) is 0 Å². The van der Waals surface area contributed by atoms with Crippen LogP contribution in [0.15, 0.2) is 41.1 Å². The number of alkyl halides is 3. The van der Waals surface area contributed by atoms with Crippen molar-refractivity contribution in [3.63, 3.8) is 0 Å². The van der Waals surface area contributed by atoms with E-state index in [-0.39, 0.29) is 17.1 Å². The second kappa shape index (κ2) is 5.88. The molecule has 1 aromatic carbocycles. The summed E-state index contributed by atoms with van der Waals surface area (Å²) in [5, 5.41) is 6.96. The van der Waals surface area contributed by atoms with Gasteiger partial charge in [0.25, 0.3) is 5.91 Å². The highest BCUT2D eigenvalue weighted by atomic mass is 32.1. The molecule has 7 heteroatoms. The monoisotopic (exact) mass is 341 g/mol. The van der Waals surface area contributed by atoms with Crippen LogP contribution in [0.4, 0.5) is 13.2 Å². The number of carbonyl (C=O) groups is 1. The van der Waals surface area contributed by atoms with Crippen LogP contribution in [0.5, 0.6) is 5.75 Å². The van der Waals surface area contributed by atoms with Gasteiger partial charge in [-0.05, 0) is 59.5 Å². The van der Waals surface area contributed by atoms with Crippen LogP contribution in [0, 0.1) is 0 Å². The normalized spacial score (nSPS) is 16.0. The van der Waals surface area contributed by atoms with E-state index in [9.17, 15) is 18.0 Å².